The van der Waals surface area contributed by atoms with Gasteiger partial charge in [0.15, 0.2) is 6.10 Å². The molecule has 1 fully saturated rings. The number of aliphatic hydroxyl groups excluding tert-OH is 3. The average Bonchev–Trinajstić information content (AvgIpc) is 3.46. The zero-order chi connectivity index (χ0) is 44.7. The van der Waals surface area contributed by atoms with Crippen molar-refractivity contribution in [1.82, 2.24) is 0 Å². The molecule has 1 aliphatic rings. The summed E-state index contributed by atoms with van der Waals surface area (Å²) in [5, 5.41) is 30.4. The number of phosphoric acid groups is 2. The van der Waals surface area contributed by atoms with Gasteiger partial charge in [0.05, 0.1) is 32.0 Å². The molecular weight excluding hydrogens is 822 g/mol. The highest BCUT2D eigenvalue weighted by molar-refractivity contribution is 7.47. The Hall–Kier alpha value is -1.81. The minimum atomic E-state index is -4.89. The van der Waals surface area contributed by atoms with Crippen molar-refractivity contribution < 1.29 is 76.6 Å². The number of hydrogen-bond acceptors (Lipinski definition) is 13. The van der Waals surface area contributed by atoms with Crippen LogP contribution in [0.4, 0.5) is 0 Å². The van der Waals surface area contributed by atoms with E-state index in [4.69, 9.17) is 23.8 Å². The van der Waals surface area contributed by atoms with Crippen LogP contribution in [0, 0.1) is 11.8 Å². The molecule has 0 aliphatic heterocycles. The largest absolute Gasteiger partial charge is 0.472 e. The molecule has 7 atom stereocenters. The number of esters is 2. The summed E-state index contributed by atoms with van der Waals surface area (Å²) in [7, 11) is -9.76. The van der Waals surface area contributed by atoms with Crippen molar-refractivity contribution >= 4 is 33.4 Å². The Morgan fingerprint density at radius 1 is 0.717 bits per heavy atom. The maximum absolute atomic E-state index is 12.7. The fourth-order valence-corrected chi connectivity index (χ4v) is 7.90. The van der Waals surface area contributed by atoms with Crippen molar-refractivity contribution in [2.75, 3.05) is 26.4 Å². The molecule has 0 bridgehead atoms. The lowest BCUT2D eigenvalue weighted by atomic mass is 9.90. The third-order valence-corrected chi connectivity index (χ3v) is 11.6. The molecule has 1 unspecified atom stereocenters. The van der Waals surface area contributed by atoms with E-state index in [2.05, 4.69) is 22.9 Å². The fraction of sp³-hybridized carbons (Fsp3) is 0.833. The highest BCUT2D eigenvalue weighted by Gasteiger charge is 2.39. The number of ether oxygens (including phenoxy) is 2. The van der Waals surface area contributed by atoms with Crippen LogP contribution < -0.4 is 0 Å². The van der Waals surface area contributed by atoms with Crippen LogP contribution in [-0.2, 0) is 46.6 Å². The molecule has 0 radical (unpaired) electrons. The first-order valence-corrected chi connectivity index (χ1v) is 25.2. The zero-order valence-corrected chi connectivity index (χ0v) is 37.8. The number of allylic oxidation sites excluding steroid dienone is 2. The van der Waals surface area contributed by atoms with Crippen LogP contribution in [-0.4, -0.2) is 98.6 Å². The second-order valence-corrected chi connectivity index (χ2v) is 18.4. The van der Waals surface area contributed by atoms with E-state index >= 15 is 0 Å². The number of ketones is 1. The van der Waals surface area contributed by atoms with Gasteiger partial charge in [0.25, 0.3) is 0 Å². The van der Waals surface area contributed by atoms with Gasteiger partial charge in [-0.1, -0.05) is 134 Å². The molecular formula is C42H76O16P2. The van der Waals surface area contributed by atoms with E-state index in [1.165, 1.54) is 51.4 Å². The Labute approximate surface area is 357 Å². The van der Waals surface area contributed by atoms with Crippen LogP contribution in [0.2, 0.25) is 0 Å². The Bertz CT molecular complexity index is 1320. The normalized spacial score (nSPS) is 19.8. The van der Waals surface area contributed by atoms with Gasteiger partial charge >= 0.3 is 27.6 Å². The minimum absolute atomic E-state index is 0.00333. The van der Waals surface area contributed by atoms with Gasteiger partial charge in [-0.2, -0.15) is 0 Å². The van der Waals surface area contributed by atoms with E-state index in [1.807, 2.05) is 12.2 Å². The van der Waals surface area contributed by atoms with E-state index in [9.17, 15) is 43.7 Å². The highest BCUT2D eigenvalue weighted by atomic mass is 31.2. The van der Waals surface area contributed by atoms with Crippen molar-refractivity contribution in [2.45, 2.75) is 186 Å². The molecule has 1 aliphatic carbocycles. The third kappa shape index (κ3) is 30.3. The van der Waals surface area contributed by atoms with Crippen LogP contribution in [0.15, 0.2) is 24.3 Å². The van der Waals surface area contributed by atoms with Crippen molar-refractivity contribution in [1.29, 1.82) is 0 Å². The lowest BCUT2D eigenvalue weighted by Gasteiger charge is -2.20. The Morgan fingerprint density at radius 3 is 1.88 bits per heavy atom. The molecule has 0 heterocycles. The van der Waals surface area contributed by atoms with Gasteiger partial charge < -0.3 is 39.5 Å². The van der Waals surface area contributed by atoms with Gasteiger partial charge in [-0.15, -0.1) is 0 Å². The van der Waals surface area contributed by atoms with E-state index in [0.717, 1.165) is 44.9 Å². The highest BCUT2D eigenvalue weighted by Crippen LogP contribution is 2.44. The van der Waals surface area contributed by atoms with E-state index in [1.54, 1.807) is 12.2 Å². The average molecular weight is 899 g/mol. The number of aliphatic hydroxyl groups is 3. The second-order valence-electron chi connectivity index (χ2n) is 15.8. The lowest BCUT2D eigenvalue weighted by Crippen LogP contribution is -2.30. The van der Waals surface area contributed by atoms with Crippen LogP contribution in [0.1, 0.15) is 162 Å². The van der Waals surface area contributed by atoms with Crippen molar-refractivity contribution in [2.24, 2.45) is 11.8 Å². The Balaban J connectivity index is 2.57. The molecule has 1 rings (SSSR count). The standard InChI is InChI=1S/C42H76O16P2/c1-3-5-7-8-9-10-11-12-13-14-15-16-22-26-42(48)58-36(33-57-60(52,53)56-31-35(44)30-55-59(49,50)51)32-54-41(47)25-21-18-17-20-24-37-38(40(46)29-39(37)45)28-27-34(43)23-19-6-4-2/h17,20,27-28,34-38,40,43-44,46H,3-16,18-19,21-26,29-33H2,1-2H3,(H,52,53)(H2,49,50,51)/b20-17-,28-27+/t34-,35-,36+,37+,38+,40+/m0/s1. The quantitative estimate of drug-likeness (QED) is 0.0150. The number of unbranched alkanes of at least 4 members (excludes halogenated alkanes) is 15. The smallest absolute Gasteiger partial charge is 0.462 e. The number of carbonyl (C=O) groups is 3. The molecule has 0 amide bonds. The summed E-state index contributed by atoms with van der Waals surface area (Å²) >= 11 is 0. The van der Waals surface area contributed by atoms with Gasteiger partial charge in [-0.25, -0.2) is 9.13 Å². The van der Waals surface area contributed by atoms with Gasteiger partial charge in [0.2, 0.25) is 0 Å². The number of phosphoric ester groups is 2. The van der Waals surface area contributed by atoms with Crippen molar-refractivity contribution in [3.05, 3.63) is 24.3 Å². The predicted octanol–water partition coefficient (Wildman–Crippen LogP) is 7.71. The van der Waals surface area contributed by atoms with E-state index < -0.39 is 84.3 Å². The zero-order valence-electron chi connectivity index (χ0n) is 36.0. The summed E-state index contributed by atoms with van der Waals surface area (Å²) in [6.07, 6.45) is 22.5. The molecule has 1 saturated carbocycles. The Kier molecular flexibility index (Phi) is 31.6. The summed E-state index contributed by atoms with van der Waals surface area (Å²) in [6, 6.07) is 0. The molecule has 0 aromatic rings. The SMILES string of the molecule is CCCCCCCCCCCCCCCC(=O)O[C@H](COC(=O)CCC/C=C\C[C@H]1C(=O)C[C@@H](O)[C@@H]1/C=C/[C@@H](O)CCCCC)COP(=O)(O)OC[C@@H](O)COP(=O)(O)O. The lowest BCUT2D eigenvalue weighted by molar-refractivity contribution is -0.161. The third-order valence-electron chi connectivity index (χ3n) is 10.2. The molecule has 0 spiro atoms. The first-order valence-electron chi connectivity index (χ1n) is 22.1. The Morgan fingerprint density at radius 2 is 1.27 bits per heavy atom. The molecule has 6 N–H and O–H groups in total. The number of hydrogen-bond donors (Lipinski definition) is 6. The first-order chi connectivity index (χ1) is 28.6. The minimum Gasteiger partial charge on any atom is -0.462 e. The molecule has 16 nitrogen and oxygen atoms in total. The fourth-order valence-electron chi connectivity index (χ4n) is 6.74. The molecule has 0 saturated heterocycles. The summed E-state index contributed by atoms with van der Waals surface area (Å²) in [5.74, 6) is -2.05. The van der Waals surface area contributed by atoms with Gasteiger partial charge in [0, 0.05) is 31.1 Å². The predicted molar refractivity (Wildman–Crippen MR) is 226 cm³/mol. The summed E-state index contributed by atoms with van der Waals surface area (Å²) in [6.45, 7) is 1.35. The van der Waals surface area contributed by atoms with Crippen molar-refractivity contribution in [3.8, 4) is 0 Å². The molecule has 60 heavy (non-hydrogen) atoms. The molecule has 0 aromatic carbocycles. The van der Waals surface area contributed by atoms with Gasteiger partial charge in [-0.05, 0) is 32.1 Å². The topological polar surface area (TPSA) is 253 Å². The summed E-state index contributed by atoms with van der Waals surface area (Å²) < 4.78 is 47.7. The first kappa shape index (κ1) is 56.2. The maximum atomic E-state index is 12.7. The summed E-state index contributed by atoms with van der Waals surface area (Å²) in [4.78, 5) is 65.4. The number of Topliss-reactive ketones (excluding diaryl/α,β-unsaturated/α-hetero) is 1. The number of carbonyl (C=O) groups excluding carboxylic acids is 3. The molecule has 0 aromatic heterocycles. The van der Waals surface area contributed by atoms with Gasteiger partial charge in [-0.3, -0.25) is 28.0 Å². The second kappa shape index (κ2) is 33.7. The van der Waals surface area contributed by atoms with Crippen LogP contribution in [0.25, 0.3) is 0 Å². The maximum Gasteiger partial charge on any atom is 0.472 e. The molecule has 350 valence electrons. The van der Waals surface area contributed by atoms with Crippen LogP contribution >= 0.6 is 15.6 Å². The molecule has 18 heteroatoms. The monoisotopic (exact) mass is 898 g/mol. The van der Waals surface area contributed by atoms with Gasteiger partial charge in [0.1, 0.15) is 18.5 Å². The van der Waals surface area contributed by atoms with E-state index in [-0.39, 0.29) is 31.0 Å². The van der Waals surface area contributed by atoms with E-state index in [0.29, 0.717) is 32.1 Å². The summed E-state index contributed by atoms with van der Waals surface area (Å²) in [5.41, 5.74) is 0. The van der Waals surface area contributed by atoms with Crippen molar-refractivity contribution in [3.63, 3.8) is 0 Å². The van der Waals surface area contributed by atoms with Crippen LogP contribution in [0.5, 0.6) is 0 Å². The number of rotatable bonds is 38. The van der Waals surface area contributed by atoms with Crippen LogP contribution in [0.3, 0.4) is 0 Å².